The molecule has 0 atom stereocenters. The molecule has 3 rings (SSSR count). The molecule has 0 aromatic heterocycles. The molecule has 0 aliphatic heterocycles. The fraction of sp³-hybridized carbons (Fsp3) is 0.0476. The third-order valence-corrected chi connectivity index (χ3v) is 3.96. The van der Waals surface area contributed by atoms with E-state index in [1.165, 1.54) is 0 Å². The normalized spacial score (nSPS) is 10.1. The second kappa shape index (κ2) is 8.87. The zero-order chi connectivity index (χ0) is 19.1. The van der Waals surface area contributed by atoms with E-state index < -0.39 is 0 Å². The highest BCUT2D eigenvalue weighted by Crippen LogP contribution is 2.18. The lowest BCUT2D eigenvalue weighted by Gasteiger charge is -2.09. The summed E-state index contributed by atoms with van der Waals surface area (Å²) in [6, 6.07) is 23.7. The van der Waals surface area contributed by atoms with Crippen molar-refractivity contribution in [2.45, 2.75) is 0 Å². The van der Waals surface area contributed by atoms with E-state index in [2.05, 4.69) is 16.0 Å². The van der Waals surface area contributed by atoms with E-state index in [4.69, 9.17) is 11.6 Å². The first-order valence-electron chi connectivity index (χ1n) is 8.36. The molecule has 2 amide bonds. The van der Waals surface area contributed by atoms with Crippen LogP contribution in [0.1, 0.15) is 10.4 Å². The molecule has 0 heterocycles. The topological polar surface area (TPSA) is 70.2 Å². The Kier molecular flexibility index (Phi) is 6.07. The molecule has 136 valence electrons. The number of amides is 2. The van der Waals surface area contributed by atoms with Crippen LogP contribution in [0.4, 0.5) is 17.1 Å². The molecule has 6 heteroatoms. The van der Waals surface area contributed by atoms with Crippen LogP contribution in [-0.4, -0.2) is 18.4 Å². The molecule has 0 fully saturated rings. The maximum absolute atomic E-state index is 12.0. The van der Waals surface area contributed by atoms with E-state index in [-0.39, 0.29) is 18.4 Å². The third kappa shape index (κ3) is 5.59. The number of anilines is 3. The van der Waals surface area contributed by atoms with Gasteiger partial charge in [0, 0.05) is 27.6 Å². The van der Waals surface area contributed by atoms with Crippen LogP contribution in [0.5, 0.6) is 0 Å². The predicted octanol–water partition coefficient (Wildman–Crippen LogP) is 4.45. The second-order valence-corrected chi connectivity index (χ2v) is 6.25. The minimum absolute atomic E-state index is 0.130. The summed E-state index contributed by atoms with van der Waals surface area (Å²) in [6.07, 6.45) is 0. The Morgan fingerprint density at radius 2 is 1.44 bits per heavy atom. The largest absolute Gasteiger partial charge is 0.356 e. The van der Waals surface area contributed by atoms with Gasteiger partial charge in [0.2, 0.25) is 5.91 Å². The Balaban J connectivity index is 1.50. The van der Waals surface area contributed by atoms with E-state index in [0.29, 0.717) is 16.3 Å². The van der Waals surface area contributed by atoms with Crippen molar-refractivity contribution in [3.8, 4) is 0 Å². The van der Waals surface area contributed by atoms with Gasteiger partial charge < -0.3 is 16.0 Å². The molecule has 0 bridgehead atoms. The quantitative estimate of drug-likeness (QED) is 0.592. The number of carbonyl (C=O) groups is 2. The lowest BCUT2D eigenvalue weighted by Crippen LogP contribution is -2.32. The lowest BCUT2D eigenvalue weighted by molar-refractivity contribution is -0.115. The van der Waals surface area contributed by atoms with E-state index in [1.54, 1.807) is 36.4 Å². The monoisotopic (exact) mass is 379 g/mol. The number of halogens is 1. The van der Waals surface area contributed by atoms with Gasteiger partial charge in [-0.25, -0.2) is 0 Å². The molecule has 0 unspecified atom stereocenters. The van der Waals surface area contributed by atoms with E-state index in [1.807, 2.05) is 42.5 Å². The fourth-order valence-corrected chi connectivity index (χ4v) is 2.61. The molecule has 0 spiro atoms. The molecule has 0 saturated heterocycles. The van der Waals surface area contributed by atoms with Gasteiger partial charge in [-0.15, -0.1) is 0 Å². The van der Waals surface area contributed by atoms with Crippen LogP contribution in [-0.2, 0) is 4.79 Å². The number of hydrogen-bond acceptors (Lipinski definition) is 3. The van der Waals surface area contributed by atoms with Crippen molar-refractivity contribution in [1.82, 2.24) is 5.32 Å². The lowest BCUT2D eigenvalue weighted by atomic mass is 10.2. The summed E-state index contributed by atoms with van der Waals surface area (Å²) in [4.78, 5) is 24.0. The van der Waals surface area contributed by atoms with Crippen LogP contribution in [0.25, 0.3) is 0 Å². The molecule has 0 aliphatic carbocycles. The summed E-state index contributed by atoms with van der Waals surface area (Å²) in [5, 5.41) is 9.05. The molecular formula is C21H18ClN3O2. The van der Waals surface area contributed by atoms with Crippen molar-refractivity contribution in [1.29, 1.82) is 0 Å². The standard InChI is InChI=1S/C21H18ClN3O2/c22-16-6-4-5-15(13-16)21(27)23-14-20(26)25-19-11-9-18(10-12-19)24-17-7-2-1-3-8-17/h1-13,24H,14H2,(H,23,27)(H,25,26). The minimum atomic E-state index is -0.352. The van der Waals surface area contributed by atoms with E-state index in [9.17, 15) is 9.59 Å². The van der Waals surface area contributed by atoms with E-state index in [0.717, 1.165) is 11.4 Å². The van der Waals surface area contributed by atoms with Crippen LogP contribution in [0.15, 0.2) is 78.9 Å². The molecule has 3 aromatic carbocycles. The van der Waals surface area contributed by atoms with Gasteiger partial charge in [0.1, 0.15) is 0 Å². The maximum Gasteiger partial charge on any atom is 0.251 e. The summed E-state index contributed by atoms with van der Waals surface area (Å²) in [6.45, 7) is -0.130. The smallest absolute Gasteiger partial charge is 0.251 e. The Morgan fingerprint density at radius 1 is 0.778 bits per heavy atom. The molecule has 0 radical (unpaired) electrons. The first-order chi connectivity index (χ1) is 13.1. The summed E-state index contributed by atoms with van der Waals surface area (Å²) < 4.78 is 0. The Bertz CT molecular complexity index is 928. The molecule has 5 nitrogen and oxygen atoms in total. The van der Waals surface area contributed by atoms with Gasteiger partial charge in [-0.2, -0.15) is 0 Å². The van der Waals surface area contributed by atoms with Crippen molar-refractivity contribution in [2.75, 3.05) is 17.2 Å². The number of hydrogen-bond donors (Lipinski definition) is 3. The van der Waals surface area contributed by atoms with Gasteiger partial charge in [-0.1, -0.05) is 35.9 Å². The summed E-state index contributed by atoms with van der Waals surface area (Å²) in [5.41, 5.74) is 2.95. The Labute approximate surface area is 162 Å². The summed E-state index contributed by atoms with van der Waals surface area (Å²) in [7, 11) is 0. The highest BCUT2D eigenvalue weighted by molar-refractivity contribution is 6.31. The number of carbonyl (C=O) groups excluding carboxylic acids is 2. The molecule has 3 aromatic rings. The first-order valence-corrected chi connectivity index (χ1v) is 8.74. The number of para-hydroxylation sites is 1. The maximum atomic E-state index is 12.0. The van der Waals surface area contributed by atoms with E-state index >= 15 is 0 Å². The average Bonchev–Trinajstić information content (AvgIpc) is 2.68. The SMILES string of the molecule is O=C(CNC(=O)c1cccc(Cl)c1)Nc1ccc(Nc2ccccc2)cc1. The second-order valence-electron chi connectivity index (χ2n) is 5.81. The molecular weight excluding hydrogens is 362 g/mol. The predicted molar refractivity (Wildman–Crippen MR) is 109 cm³/mol. The Morgan fingerprint density at radius 3 is 2.15 bits per heavy atom. The van der Waals surface area contributed by atoms with Crippen LogP contribution >= 0.6 is 11.6 Å². The third-order valence-electron chi connectivity index (χ3n) is 3.73. The highest BCUT2D eigenvalue weighted by atomic mass is 35.5. The molecule has 3 N–H and O–H groups in total. The molecule has 0 aliphatic rings. The number of benzene rings is 3. The van der Waals surface area contributed by atoms with Crippen molar-refractivity contribution in [2.24, 2.45) is 0 Å². The first kappa shape index (κ1) is 18.5. The van der Waals surface area contributed by atoms with Gasteiger partial charge in [0.15, 0.2) is 0 Å². The van der Waals surface area contributed by atoms with Crippen molar-refractivity contribution < 1.29 is 9.59 Å². The average molecular weight is 380 g/mol. The summed E-state index contributed by atoms with van der Waals surface area (Å²) >= 11 is 5.86. The summed E-state index contributed by atoms with van der Waals surface area (Å²) in [5.74, 6) is -0.663. The van der Waals surface area contributed by atoms with Crippen molar-refractivity contribution >= 4 is 40.5 Å². The van der Waals surface area contributed by atoms with Gasteiger partial charge >= 0.3 is 0 Å². The molecule has 0 saturated carbocycles. The zero-order valence-corrected chi connectivity index (χ0v) is 15.2. The fourth-order valence-electron chi connectivity index (χ4n) is 2.42. The van der Waals surface area contributed by atoms with Gasteiger partial charge in [0.25, 0.3) is 5.91 Å². The van der Waals surface area contributed by atoms with Crippen molar-refractivity contribution in [3.05, 3.63) is 89.4 Å². The Hall–Kier alpha value is -3.31. The van der Waals surface area contributed by atoms with Crippen LogP contribution in [0, 0.1) is 0 Å². The van der Waals surface area contributed by atoms with Crippen LogP contribution in [0.3, 0.4) is 0 Å². The number of nitrogens with one attached hydrogen (secondary N) is 3. The minimum Gasteiger partial charge on any atom is -0.356 e. The number of rotatable bonds is 6. The highest BCUT2D eigenvalue weighted by Gasteiger charge is 2.08. The van der Waals surface area contributed by atoms with Crippen molar-refractivity contribution in [3.63, 3.8) is 0 Å². The van der Waals surface area contributed by atoms with Gasteiger partial charge in [0.05, 0.1) is 6.54 Å². The molecule has 27 heavy (non-hydrogen) atoms. The van der Waals surface area contributed by atoms with Gasteiger partial charge in [-0.3, -0.25) is 9.59 Å². The van der Waals surface area contributed by atoms with Gasteiger partial charge in [-0.05, 0) is 54.6 Å². The van der Waals surface area contributed by atoms with Crippen LogP contribution in [0.2, 0.25) is 5.02 Å². The zero-order valence-electron chi connectivity index (χ0n) is 14.4. The van der Waals surface area contributed by atoms with Crippen LogP contribution < -0.4 is 16.0 Å².